The van der Waals surface area contributed by atoms with Gasteiger partial charge >= 0.3 is 0 Å². The minimum Gasteiger partial charge on any atom is -0.394 e. The van der Waals surface area contributed by atoms with Crippen molar-refractivity contribution in [3.8, 4) is 0 Å². The monoisotopic (exact) mass is 220 g/mol. The van der Waals surface area contributed by atoms with Crippen LogP contribution in [0.15, 0.2) is 0 Å². The fourth-order valence-corrected chi connectivity index (χ4v) is 1.50. The second-order valence-corrected chi connectivity index (χ2v) is 3.18. The van der Waals surface area contributed by atoms with E-state index in [0.717, 1.165) is 0 Å². The molecule has 0 bridgehead atoms. The zero-order valence-electron chi connectivity index (χ0n) is 8.75. The molecule has 1 fully saturated rings. The number of ether oxygens (including phenoxy) is 3. The third-order valence-corrected chi connectivity index (χ3v) is 2.23. The van der Waals surface area contributed by atoms with E-state index in [0.29, 0.717) is 6.61 Å². The molecular formula is C9H16O6. The van der Waals surface area contributed by atoms with Crippen molar-refractivity contribution in [1.82, 2.24) is 0 Å². The predicted molar refractivity (Wildman–Crippen MR) is 49.2 cm³/mol. The Balaban J connectivity index is 2.75. The van der Waals surface area contributed by atoms with Crippen molar-refractivity contribution in [2.75, 3.05) is 20.3 Å². The van der Waals surface area contributed by atoms with Gasteiger partial charge in [-0.3, -0.25) is 4.79 Å². The van der Waals surface area contributed by atoms with Gasteiger partial charge in [0.05, 0.1) is 6.61 Å². The van der Waals surface area contributed by atoms with Crippen LogP contribution >= 0.6 is 0 Å². The van der Waals surface area contributed by atoms with Gasteiger partial charge < -0.3 is 24.4 Å². The van der Waals surface area contributed by atoms with Crippen LogP contribution in [0.5, 0.6) is 0 Å². The second kappa shape index (κ2) is 5.53. The molecule has 0 spiro atoms. The molecular weight excluding hydrogens is 204 g/mol. The lowest BCUT2D eigenvalue weighted by molar-refractivity contribution is -0.252. The van der Waals surface area contributed by atoms with Gasteiger partial charge in [0.15, 0.2) is 18.2 Å². The van der Waals surface area contributed by atoms with Crippen molar-refractivity contribution in [1.29, 1.82) is 0 Å². The number of aliphatic hydroxyl groups is 2. The molecule has 6 nitrogen and oxygen atoms in total. The number of hydrogen-bond donors (Lipinski definition) is 2. The highest BCUT2D eigenvalue weighted by molar-refractivity contribution is 5.88. The van der Waals surface area contributed by atoms with Crippen LogP contribution in [-0.2, 0) is 19.0 Å². The molecule has 15 heavy (non-hydrogen) atoms. The highest BCUT2D eigenvalue weighted by Gasteiger charge is 2.44. The zero-order valence-corrected chi connectivity index (χ0v) is 8.75. The SMILES string of the molecule is CCO[C@H]1C(=O)[C@@H](O)[C@H](OC)O[C@@H]1CO. The van der Waals surface area contributed by atoms with Crippen molar-refractivity contribution < 1.29 is 29.2 Å². The lowest BCUT2D eigenvalue weighted by atomic mass is 10.0. The molecule has 1 aliphatic heterocycles. The van der Waals surface area contributed by atoms with Gasteiger partial charge in [-0.1, -0.05) is 0 Å². The summed E-state index contributed by atoms with van der Waals surface area (Å²) >= 11 is 0. The summed E-state index contributed by atoms with van der Waals surface area (Å²) in [5, 5.41) is 18.5. The zero-order chi connectivity index (χ0) is 11.4. The summed E-state index contributed by atoms with van der Waals surface area (Å²) in [5.74, 6) is -0.519. The van der Waals surface area contributed by atoms with Gasteiger partial charge in [-0.2, -0.15) is 0 Å². The number of aliphatic hydroxyl groups excluding tert-OH is 2. The largest absolute Gasteiger partial charge is 0.394 e. The number of ketones is 1. The highest BCUT2D eigenvalue weighted by atomic mass is 16.7. The van der Waals surface area contributed by atoms with E-state index in [9.17, 15) is 9.90 Å². The maximum absolute atomic E-state index is 11.6. The quantitative estimate of drug-likeness (QED) is 0.611. The normalized spacial score (nSPS) is 36.9. The second-order valence-electron chi connectivity index (χ2n) is 3.18. The minimum atomic E-state index is -1.37. The molecule has 0 aromatic rings. The van der Waals surface area contributed by atoms with E-state index in [1.54, 1.807) is 6.92 Å². The Bertz CT molecular complexity index is 219. The molecule has 0 aromatic carbocycles. The first-order chi connectivity index (χ1) is 7.15. The first-order valence-corrected chi connectivity index (χ1v) is 4.78. The summed E-state index contributed by atoms with van der Waals surface area (Å²) in [6.45, 7) is 1.67. The van der Waals surface area contributed by atoms with Crippen LogP contribution in [0.3, 0.4) is 0 Å². The first-order valence-electron chi connectivity index (χ1n) is 4.78. The number of methoxy groups -OCH3 is 1. The van der Waals surface area contributed by atoms with Gasteiger partial charge in [-0.05, 0) is 6.92 Å². The topological polar surface area (TPSA) is 85.2 Å². The Labute approximate surface area is 87.7 Å². The molecule has 0 unspecified atom stereocenters. The van der Waals surface area contributed by atoms with Crippen LogP contribution in [0.2, 0.25) is 0 Å². The Kier molecular flexibility index (Phi) is 4.62. The Hall–Kier alpha value is -0.530. The van der Waals surface area contributed by atoms with Gasteiger partial charge in [-0.25, -0.2) is 0 Å². The van der Waals surface area contributed by atoms with E-state index in [1.807, 2.05) is 0 Å². The van der Waals surface area contributed by atoms with Crippen molar-refractivity contribution in [3.63, 3.8) is 0 Å². The fraction of sp³-hybridized carbons (Fsp3) is 0.889. The van der Waals surface area contributed by atoms with Crippen LogP contribution in [0.25, 0.3) is 0 Å². The highest BCUT2D eigenvalue weighted by Crippen LogP contribution is 2.20. The summed E-state index contributed by atoms with van der Waals surface area (Å²) in [6, 6.07) is 0. The number of Topliss-reactive ketones (excluding diaryl/α,β-unsaturated/α-hetero) is 1. The van der Waals surface area contributed by atoms with Gasteiger partial charge in [0.1, 0.15) is 12.2 Å². The fourth-order valence-electron chi connectivity index (χ4n) is 1.50. The molecule has 88 valence electrons. The third kappa shape index (κ3) is 2.53. The summed E-state index contributed by atoms with van der Waals surface area (Å²) < 4.78 is 15.0. The van der Waals surface area contributed by atoms with E-state index in [1.165, 1.54) is 7.11 Å². The molecule has 1 saturated heterocycles. The standard InChI is InChI=1S/C9H16O6/c1-3-14-8-5(4-10)15-9(13-2)7(12)6(8)11/h5,7-10,12H,3-4H2,1-2H3/t5-,7-,8-,9-/m1/s1. The van der Waals surface area contributed by atoms with Crippen LogP contribution in [-0.4, -0.2) is 60.9 Å². The van der Waals surface area contributed by atoms with Crippen LogP contribution in [0, 0.1) is 0 Å². The predicted octanol–water partition coefficient (Wildman–Crippen LogP) is -1.31. The Morgan fingerprint density at radius 2 is 2.20 bits per heavy atom. The third-order valence-electron chi connectivity index (χ3n) is 2.23. The minimum absolute atomic E-state index is 0.306. The van der Waals surface area contributed by atoms with Crippen LogP contribution in [0.1, 0.15) is 6.92 Å². The van der Waals surface area contributed by atoms with Crippen molar-refractivity contribution >= 4 is 5.78 Å². The lowest BCUT2D eigenvalue weighted by Gasteiger charge is -2.36. The molecule has 0 amide bonds. The summed E-state index contributed by atoms with van der Waals surface area (Å²) in [5.41, 5.74) is 0. The molecule has 1 aliphatic rings. The summed E-state index contributed by atoms with van der Waals surface area (Å²) in [7, 11) is 1.32. The molecule has 2 N–H and O–H groups in total. The molecule has 4 atom stereocenters. The number of carbonyl (C=O) groups is 1. The van der Waals surface area contributed by atoms with Gasteiger partial charge in [0.25, 0.3) is 0 Å². The smallest absolute Gasteiger partial charge is 0.197 e. The average Bonchev–Trinajstić information content (AvgIpc) is 2.25. The van der Waals surface area contributed by atoms with E-state index in [-0.39, 0.29) is 6.61 Å². The maximum Gasteiger partial charge on any atom is 0.197 e. The van der Waals surface area contributed by atoms with Gasteiger partial charge in [0, 0.05) is 13.7 Å². The summed E-state index contributed by atoms with van der Waals surface area (Å²) in [4.78, 5) is 11.6. The maximum atomic E-state index is 11.6. The van der Waals surface area contributed by atoms with Crippen LogP contribution < -0.4 is 0 Å². The van der Waals surface area contributed by atoms with Gasteiger partial charge in [0.2, 0.25) is 0 Å². The number of rotatable bonds is 4. The van der Waals surface area contributed by atoms with E-state index in [2.05, 4.69) is 0 Å². The molecule has 0 aromatic heterocycles. The van der Waals surface area contributed by atoms with Crippen molar-refractivity contribution in [2.24, 2.45) is 0 Å². The van der Waals surface area contributed by atoms with E-state index < -0.39 is 30.4 Å². The van der Waals surface area contributed by atoms with Crippen molar-refractivity contribution in [3.05, 3.63) is 0 Å². The van der Waals surface area contributed by atoms with Gasteiger partial charge in [-0.15, -0.1) is 0 Å². The van der Waals surface area contributed by atoms with Crippen molar-refractivity contribution in [2.45, 2.75) is 31.5 Å². The Morgan fingerprint density at radius 3 is 2.67 bits per heavy atom. The van der Waals surface area contributed by atoms with E-state index >= 15 is 0 Å². The molecule has 6 heteroatoms. The van der Waals surface area contributed by atoms with E-state index in [4.69, 9.17) is 19.3 Å². The summed E-state index contributed by atoms with van der Waals surface area (Å²) in [6.07, 6.45) is -4.12. The average molecular weight is 220 g/mol. The molecule has 0 saturated carbocycles. The van der Waals surface area contributed by atoms with Crippen LogP contribution in [0.4, 0.5) is 0 Å². The molecule has 0 radical (unpaired) electrons. The molecule has 1 rings (SSSR count). The molecule has 1 heterocycles. The number of carbonyl (C=O) groups excluding carboxylic acids is 1. The lowest BCUT2D eigenvalue weighted by Crippen LogP contribution is -2.57. The Morgan fingerprint density at radius 1 is 1.53 bits per heavy atom. The number of hydrogen-bond acceptors (Lipinski definition) is 6. The molecule has 0 aliphatic carbocycles. The first kappa shape index (κ1) is 12.5.